The first kappa shape index (κ1) is 18.7. The maximum absolute atomic E-state index is 12.4. The van der Waals surface area contributed by atoms with Gasteiger partial charge in [-0.3, -0.25) is 9.69 Å². The van der Waals surface area contributed by atoms with Crippen molar-refractivity contribution in [1.82, 2.24) is 10.2 Å². The van der Waals surface area contributed by atoms with E-state index in [-0.39, 0.29) is 5.91 Å². The first-order valence-corrected chi connectivity index (χ1v) is 9.48. The van der Waals surface area contributed by atoms with E-state index in [4.69, 9.17) is 16.3 Å². The minimum absolute atomic E-state index is 0.138. The SMILES string of the molecule is C[C@@H](Oc1cccc(Cl)c1)C(=O)NCc1ccccc1CN1CCCC1. The molecular formula is C21H25ClN2O2. The summed E-state index contributed by atoms with van der Waals surface area (Å²) in [6, 6.07) is 15.4. The molecule has 5 heteroatoms. The van der Waals surface area contributed by atoms with Crippen LogP contribution in [0.15, 0.2) is 48.5 Å². The van der Waals surface area contributed by atoms with E-state index in [1.165, 1.54) is 18.4 Å². The summed E-state index contributed by atoms with van der Waals surface area (Å²) < 4.78 is 5.68. The van der Waals surface area contributed by atoms with Gasteiger partial charge in [0, 0.05) is 18.1 Å². The molecule has 0 aliphatic carbocycles. The maximum Gasteiger partial charge on any atom is 0.261 e. The van der Waals surface area contributed by atoms with Gasteiger partial charge in [-0.15, -0.1) is 0 Å². The number of carbonyl (C=O) groups is 1. The molecule has 0 unspecified atom stereocenters. The van der Waals surface area contributed by atoms with Crippen molar-refractivity contribution in [2.24, 2.45) is 0 Å². The molecule has 1 aliphatic rings. The number of halogens is 1. The third-order valence-electron chi connectivity index (χ3n) is 4.64. The number of nitrogens with one attached hydrogen (secondary N) is 1. The van der Waals surface area contributed by atoms with Gasteiger partial charge in [-0.05, 0) is 62.2 Å². The molecule has 1 aliphatic heterocycles. The monoisotopic (exact) mass is 372 g/mol. The van der Waals surface area contributed by atoms with Gasteiger partial charge in [0.05, 0.1) is 0 Å². The number of carbonyl (C=O) groups excluding carboxylic acids is 1. The molecule has 1 atom stereocenters. The molecule has 1 heterocycles. The molecule has 1 N–H and O–H groups in total. The van der Waals surface area contributed by atoms with Crippen molar-refractivity contribution in [3.8, 4) is 5.75 Å². The third kappa shape index (κ3) is 5.23. The molecule has 0 radical (unpaired) electrons. The van der Waals surface area contributed by atoms with Gasteiger partial charge >= 0.3 is 0 Å². The van der Waals surface area contributed by atoms with Crippen molar-refractivity contribution in [2.75, 3.05) is 13.1 Å². The van der Waals surface area contributed by atoms with Gasteiger partial charge in [0.15, 0.2) is 6.10 Å². The average molecular weight is 373 g/mol. The zero-order valence-electron chi connectivity index (χ0n) is 15.1. The third-order valence-corrected chi connectivity index (χ3v) is 4.88. The molecule has 3 rings (SSSR count). The zero-order chi connectivity index (χ0) is 18.4. The highest BCUT2D eigenvalue weighted by atomic mass is 35.5. The Balaban J connectivity index is 1.55. The lowest BCUT2D eigenvalue weighted by Gasteiger charge is -2.19. The fourth-order valence-corrected chi connectivity index (χ4v) is 3.37. The van der Waals surface area contributed by atoms with Gasteiger partial charge in [0.1, 0.15) is 5.75 Å². The summed E-state index contributed by atoms with van der Waals surface area (Å²) in [5, 5.41) is 3.57. The largest absolute Gasteiger partial charge is 0.481 e. The minimum Gasteiger partial charge on any atom is -0.481 e. The summed E-state index contributed by atoms with van der Waals surface area (Å²) in [7, 11) is 0. The van der Waals surface area contributed by atoms with Crippen molar-refractivity contribution in [3.63, 3.8) is 0 Å². The van der Waals surface area contributed by atoms with Crippen LogP contribution in [0.5, 0.6) is 5.75 Å². The van der Waals surface area contributed by atoms with Crippen LogP contribution in [0.4, 0.5) is 0 Å². The number of hydrogen-bond donors (Lipinski definition) is 1. The lowest BCUT2D eigenvalue weighted by atomic mass is 10.1. The van der Waals surface area contributed by atoms with Crippen LogP contribution >= 0.6 is 11.6 Å². The van der Waals surface area contributed by atoms with E-state index in [9.17, 15) is 4.79 Å². The van der Waals surface area contributed by atoms with Crippen LogP contribution in [-0.4, -0.2) is 30.0 Å². The first-order chi connectivity index (χ1) is 12.6. The molecule has 26 heavy (non-hydrogen) atoms. The summed E-state index contributed by atoms with van der Waals surface area (Å²) in [5.41, 5.74) is 2.43. The van der Waals surface area contributed by atoms with Gasteiger partial charge in [0.2, 0.25) is 0 Å². The molecule has 1 amide bonds. The molecule has 4 nitrogen and oxygen atoms in total. The van der Waals surface area contributed by atoms with Gasteiger partial charge in [0.25, 0.3) is 5.91 Å². The Morgan fingerprint density at radius 2 is 1.88 bits per heavy atom. The van der Waals surface area contributed by atoms with Crippen LogP contribution in [0.1, 0.15) is 30.9 Å². The first-order valence-electron chi connectivity index (χ1n) is 9.11. The fraction of sp³-hybridized carbons (Fsp3) is 0.381. The number of hydrogen-bond acceptors (Lipinski definition) is 3. The molecule has 2 aromatic rings. The van der Waals surface area contributed by atoms with Gasteiger partial charge < -0.3 is 10.1 Å². The standard InChI is InChI=1S/C21H25ClN2O2/c1-16(26-20-10-6-9-19(22)13-20)21(25)23-14-17-7-2-3-8-18(17)15-24-11-4-5-12-24/h2-3,6-10,13,16H,4-5,11-12,14-15H2,1H3,(H,23,25)/t16-/m1/s1. The van der Waals surface area contributed by atoms with Crippen LogP contribution in [0.3, 0.4) is 0 Å². The highest BCUT2D eigenvalue weighted by molar-refractivity contribution is 6.30. The number of likely N-dealkylation sites (tertiary alicyclic amines) is 1. The summed E-state index contributed by atoms with van der Waals surface area (Å²) in [6.07, 6.45) is 1.97. The van der Waals surface area contributed by atoms with Gasteiger partial charge in [-0.2, -0.15) is 0 Å². The van der Waals surface area contributed by atoms with Crippen LogP contribution in [-0.2, 0) is 17.9 Å². The number of ether oxygens (including phenoxy) is 1. The molecule has 0 aromatic heterocycles. The van der Waals surface area contributed by atoms with Crippen molar-refractivity contribution >= 4 is 17.5 Å². The zero-order valence-corrected chi connectivity index (χ0v) is 15.8. The second-order valence-corrected chi connectivity index (χ2v) is 7.12. The number of rotatable bonds is 7. The summed E-state index contributed by atoms with van der Waals surface area (Å²) in [5.74, 6) is 0.454. The molecule has 138 valence electrons. The molecule has 2 aromatic carbocycles. The summed E-state index contributed by atoms with van der Waals surface area (Å²) in [6.45, 7) is 5.51. The second kappa shape index (κ2) is 9.06. The van der Waals surface area contributed by atoms with Gasteiger partial charge in [-0.1, -0.05) is 41.9 Å². The Bertz CT molecular complexity index is 744. The van der Waals surface area contributed by atoms with Crippen molar-refractivity contribution in [2.45, 2.75) is 39.0 Å². The Morgan fingerprint density at radius 1 is 1.15 bits per heavy atom. The Morgan fingerprint density at radius 3 is 2.62 bits per heavy atom. The van der Waals surface area contributed by atoms with E-state index in [1.807, 2.05) is 6.07 Å². The fourth-order valence-electron chi connectivity index (χ4n) is 3.19. The van der Waals surface area contributed by atoms with E-state index < -0.39 is 6.10 Å². The predicted molar refractivity (Wildman–Crippen MR) is 104 cm³/mol. The van der Waals surface area contributed by atoms with Crippen LogP contribution < -0.4 is 10.1 Å². The lowest BCUT2D eigenvalue weighted by Crippen LogP contribution is -2.36. The number of nitrogens with zero attached hydrogens (tertiary/aromatic N) is 1. The van der Waals surface area contributed by atoms with E-state index in [0.29, 0.717) is 17.3 Å². The van der Waals surface area contributed by atoms with Crippen molar-refractivity contribution < 1.29 is 9.53 Å². The van der Waals surface area contributed by atoms with E-state index in [2.05, 4.69) is 28.4 Å². The second-order valence-electron chi connectivity index (χ2n) is 6.69. The smallest absolute Gasteiger partial charge is 0.261 e. The predicted octanol–water partition coefficient (Wildman–Crippen LogP) is 4.02. The van der Waals surface area contributed by atoms with Crippen LogP contribution in [0, 0.1) is 0 Å². The summed E-state index contributed by atoms with van der Waals surface area (Å²) >= 11 is 5.95. The number of benzene rings is 2. The normalized spacial score (nSPS) is 15.6. The molecular weight excluding hydrogens is 348 g/mol. The molecule has 1 saturated heterocycles. The van der Waals surface area contributed by atoms with Crippen molar-refractivity contribution in [1.29, 1.82) is 0 Å². The van der Waals surface area contributed by atoms with E-state index in [0.717, 1.165) is 25.2 Å². The molecule has 0 bridgehead atoms. The molecule has 0 saturated carbocycles. The highest BCUT2D eigenvalue weighted by Crippen LogP contribution is 2.19. The maximum atomic E-state index is 12.4. The number of amides is 1. The quantitative estimate of drug-likeness (QED) is 0.798. The average Bonchev–Trinajstić information content (AvgIpc) is 3.14. The van der Waals surface area contributed by atoms with Crippen LogP contribution in [0.25, 0.3) is 0 Å². The molecule has 0 spiro atoms. The minimum atomic E-state index is -0.584. The lowest BCUT2D eigenvalue weighted by molar-refractivity contribution is -0.127. The van der Waals surface area contributed by atoms with E-state index in [1.54, 1.807) is 31.2 Å². The summed E-state index contributed by atoms with van der Waals surface area (Å²) in [4.78, 5) is 14.8. The highest BCUT2D eigenvalue weighted by Gasteiger charge is 2.16. The Labute approximate surface area is 160 Å². The van der Waals surface area contributed by atoms with Gasteiger partial charge in [-0.25, -0.2) is 0 Å². The van der Waals surface area contributed by atoms with Crippen LogP contribution in [0.2, 0.25) is 5.02 Å². The van der Waals surface area contributed by atoms with Crippen molar-refractivity contribution in [3.05, 3.63) is 64.7 Å². The van der Waals surface area contributed by atoms with E-state index >= 15 is 0 Å². The Kier molecular flexibility index (Phi) is 6.53. The molecule has 1 fully saturated rings. The topological polar surface area (TPSA) is 41.6 Å². The Hall–Kier alpha value is -2.04.